The molecule has 2 aromatic carbocycles. The van der Waals surface area contributed by atoms with Gasteiger partial charge in [0.05, 0.1) is 24.5 Å². The number of nitrogens with one attached hydrogen (secondary N) is 1. The molecule has 4 aromatic rings. The number of carbonyl (C=O) groups is 1. The Morgan fingerprint density at radius 2 is 2.00 bits per heavy atom. The van der Waals surface area contributed by atoms with Crippen molar-refractivity contribution >= 4 is 16.7 Å². The highest BCUT2D eigenvalue weighted by Crippen LogP contribution is 2.25. The molecule has 0 saturated carbocycles. The van der Waals surface area contributed by atoms with Crippen molar-refractivity contribution in [2.24, 2.45) is 0 Å². The molecule has 0 spiro atoms. The van der Waals surface area contributed by atoms with Crippen LogP contribution in [-0.4, -0.2) is 35.9 Å². The third-order valence-corrected chi connectivity index (χ3v) is 4.85. The summed E-state index contributed by atoms with van der Waals surface area (Å²) >= 11 is 0. The Labute approximate surface area is 162 Å². The van der Waals surface area contributed by atoms with Crippen molar-refractivity contribution in [1.82, 2.24) is 35.3 Å². The van der Waals surface area contributed by atoms with Crippen molar-refractivity contribution in [1.29, 1.82) is 0 Å². The highest BCUT2D eigenvalue weighted by Gasteiger charge is 2.17. The number of aromatic nitrogens is 6. The van der Waals surface area contributed by atoms with E-state index in [2.05, 4.69) is 50.2 Å². The number of aryl methyl sites for hydroxylation is 1. The first-order valence-electron chi connectivity index (χ1n) is 9.16. The number of hydrogen-bond donors (Lipinski definition) is 1. The second kappa shape index (κ2) is 7.59. The van der Waals surface area contributed by atoms with E-state index in [-0.39, 0.29) is 11.9 Å². The molecule has 1 amide bonds. The number of tetrazole rings is 1. The summed E-state index contributed by atoms with van der Waals surface area (Å²) in [6.07, 6.45) is 3.63. The van der Waals surface area contributed by atoms with Crippen LogP contribution in [0.4, 0.5) is 0 Å². The van der Waals surface area contributed by atoms with E-state index in [4.69, 9.17) is 0 Å². The van der Waals surface area contributed by atoms with Gasteiger partial charge in [-0.2, -0.15) is 5.10 Å². The van der Waals surface area contributed by atoms with Crippen LogP contribution in [0.15, 0.2) is 55.0 Å². The van der Waals surface area contributed by atoms with Crippen LogP contribution in [0.1, 0.15) is 30.6 Å². The van der Waals surface area contributed by atoms with E-state index in [0.29, 0.717) is 13.0 Å². The van der Waals surface area contributed by atoms with Crippen molar-refractivity contribution in [2.75, 3.05) is 0 Å². The van der Waals surface area contributed by atoms with Crippen molar-refractivity contribution in [3.05, 3.63) is 66.2 Å². The quantitative estimate of drug-likeness (QED) is 0.559. The molecule has 0 radical (unpaired) electrons. The first-order valence-corrected chi connectivity index (χ1v) is 9.16. The first kappa shape index (κ1) is 17.8. The molecule has 0 unspecified atom stereocenters. The summed E-state index contributed by atoms with van der Waals surface area (Å²) in [5.74, 6) is -0.0553. The van der Waals surface area contributed by atoms with Crippen LogP contribution >= 0.6 is 0 Å². The van der Waals surface area contributed by atoms with Gasteiger partial charge >= 0.3 is 0 Å². The lowest BCUT2D eigenvalue weighted by atomic mass is 10.1. The van der Waals surface area contributed by atoms with Gasteiger partial charge in [0.15, 0.2) is 0 Å². The molecule has 0 aliphatic rings. The molecule has 4 rings (SSSR count). The Morgan fingerprint density at radius 1 is 1.18 bits per heavy atom. The predicted octanol–water partition coefficient (Wildman–Crippen LogP) is 2.59. The Bertz CT molecular complexity index is 1100. The van der Waals surface area contributed by atoms with E-state index in [0.717, 1.165) is 22.3 Å². The molecule has 142 valence electrons. The number of rotatable bonds is 6. The van der Waals surface area contributed by atoms with Crippen LogP contribution < -0.4 is 5.32 Å². The van der Waals surface area contributed by atoms with E-state index >= 15 is 0 Å². The molecular weight excluding hydrogens is 354 g/mol. The van der Waals surface area contributed by atoms with E-state index in [1.54, 1.807) is 0 Å². The Kier molecular flexibility index (Phi) is 4.84. The number of hydrogen-bond acceptors (Lipinski definition) is 5. The predicted molar refractivity (Wildman–Crippen MR) is 105 cm³/mol. The van der Waals surface area contributed by atoms with Crippen LogP contribution in [0, 0.1) is 6.92 Å². The minimum atomic E-state index is -0.148. The second-order valence-corrected chi connectivity index (χ2v) is 6.71. The van der Waals surface area contributed by atoms with Crippen LogP contribution in [0.25, 0.3) is 16.5 Å². The van der Waals surface area contributed by atoms with Gasteiger partial charge in [0.2, 0.25) is 5.91 Å². The van der Waals surface area contributed by atoms with E-state index < -0.39 is 0 Å². The number of nitrogens with zero attached hydrogens (tertiary/aromatic N) is 6. The van der Waals surface area contributed by atoms with Crippen molar-refractivity contribution < 1.29 is 4.79 Å². The van der Waals surface area contributed by atoms with Gasteiger partial charge in [0.25, 0.3) is 0 Å². The van der Waals surface area contributed by atoms with Gasteiger partial charge in [-0.1, -0.05) is 36.4 Å². The number of benzene rings is 2. The lowest BCUT2D eigenvalue weighted by Crippen LogP contribution is -2.27. The molecule has 8 nitrogen and oxygen atoms in total. The molecule has 2 heterocycles. The molecule has 8 heteroatoms. The highest BCUT2D eigenvalue weighted by molar-refractivity contribution is 5.90. The molecule has 0 aliphatic heterocycles. The lowest BCUT2D eigenvalue weighted by Gasteiger charge is -2.15. The average Bonchev–Trinajstić information content (AvgIpc) is 3.35. The molecule has 0 bridgehead atoms. The molecular formula is C20H21N7O. The van der Waals surface area contributed by atoms with Gasteiger partial charge in [-0.15, -0.1) is 5.10 Å². The maximum absolute atomic E-state index is 12.3. The molecule has 1 atom stereocenters. The SMILES string of the molecule is Cc1c([C@H](C)NC(=O)CCn2cnnn2)cnn1-c1cccc2ccccc12. The summed E-state index contributed by atoms with van der Waals surface area (Å²) in [6, 6.07) is 14.3. The van der Waals surface area contributed by atoms with E-state index in [1.807, 2.05) is 42.9 Å². The van der Waals surface area contributed by atoms with Gasteiger partial charge in [0.1, 0.15) is 6.33 Å². The minimum Gasteiger partial charge on any atom is -0.349 e. The fraction of sp³-hybridized carbons (Fsp3) is 0.250. The molecule has 0 aliphatic carbocycles. The fourth-order valence-corrected chi connectivity index (χ4v) is 3.37. The van der Waals surface area contributed by atoms with Crippen molar-refractivity contribution in [3.63, 3.8) is 0 Å². The maximum Gasteiger partial charge on any atom is 0.222 e. The molecule has 1 N–H and O–H groups in total. The zero-order chi connectivity index (χ0) is 19.5. The van der Waals surface area contributed by atoms with Gasteiger partial charge in [0, 0.05) is 23.1 Å². The van der Waals surface area contributed by atoms with Crippen LogP contribution in [0.3, 0.4) is 0 Å². The van der Waals surface area contributed by atoms with Gasteiger partial charge in [-0.3, -0.25) is 4.79 Å². The maximum atomic E-state index is 12.3. The van der Waals surface area contributed by atoms with Gasteiger partial charge in [-0.25, -0.2) is 9.36 Å². The van der Waals surface area contributed by atoms with Gasteiger partial charge in [-0.05, 0) is 35.7 Å². The van der Waals surface area contributed by atoms with Crippen LogP contribution in [0.5, 0.6) is 0 Å². The fourth-order valence-electron chi connectivity index (χ4n) is 3.37. The Balaban J connectivity index is 1.52. The molecule has 28 heavy (non-hydrogen) atoms. The summed E-state index contributed by atoms with van der Waals surface area (Å²) < 4.78 is 3.47. The Morgan fingerprint density at radius 3 is 2.82 bits per heavy atom. The van der Waals surface area contributed by atoms with Gasteiger partial charge < -0.3 is 5.32 Å². The summed E-state index contributed by atoms with van der Waals surface area (Å²) in [5.41, 5.74) is 3.02. The average molecular weight is 375 g/mol. The van der Waals surface area contributed by atoms with Crippen molar-refractivity contribution in [2.45, 2.75) is 32.9 Å². The second-order valence-electron chi connectivity index (χ2n) is 6.71. The monoisotopic (exact) mass is 375 g/mol. The lowest BCUT2D eigenvalue weighted by molar-refractivity contribution is -0.122. The third-order valence-electron chi connectivity index (χ3n) is 4.85. The summed E-state index contributed by atoms with van der Waals surface area (Å²) in [6.45, 7) is 4.43. The molecule has 0 fully saturated rings. The zero-order valence-corrected chi connectivity index (χ0v) is 15.8. The first-order chi connectivity index (χ1) is 13.6. The third kappa shape index (κ3) is 3.48. The normalized spacial score (nSPS) is 12.2. The molecule has 2 aromatic heterocycles. The highest BCUT2D eigenvalue weighted by atomic mass is 16.1. The van der Waals surface area contributed by atoms with Crippen LogP contribution in [0.2, 0.25) is 0 Å². The summed E-state index contributed by atoms with van der Waals surface area (Å²) in [4.78, 5) is 12.3. The topological polar surface area (TPSA) is 90.5 Å². The summed E-state index contributed by atoms with van der Waals surface area (Å²) in [7, 11) is 0. The van der Waals surface area contributed by atoms with E-state index in [1.165, 1.54) is 16.4 Å². The largest absolute Gasteiger partial charge is 0.349 e. The van der Waals surface area contributed by atoms with Crippen molar-refractivity contribution in [3.8, 4) is 5.69 Å². The van der Waals surface area contributed by atoms with Crippen LogP contribution in [-0.2, 0) is 11.3 Å². The number of carbonyl (C=O) groups excluding carboxylic acids is 1. The standard InChI is InChI=1S/C20H21N7O/c1-14(23-20(28)10-11-26-13-21-24-25-26)18-12-22-27(15(18)2)19-9-5-7-16-6-3-4-8-17(16)19/h3-9,12-14H,10-11H2,1-2H3,(H,23,28)/t14-/m0/s1. The number of fused-ring (bicyclic) bond motifs is 1. The smallest absolute Gasteiger partial charge is 0.222 e. The molecule has 0 saturated heterocycles. The Hall–Kier alpha value is -3.55. The number of amides is 1. The van der Waals surface area contributed by atoms with E-state index in [9.17, 15) is 4.79 Å². The summed E-state index contributed by atoms with van der Waals surface area (Å²) in [5, 5.41) is 20.8. The zero-order valence-electron chi connectivity index (χ0n) is 15.8. The minimum absolute atomic E-state index is 0.0553.